The quantitative estimate of drug-likeness (QED) is 0.612. The fourth-order valence-electron chi connectivity index (χ4n) is 2.64. The molecule has 0 fully saturated rings. The normalized spacial score (nSPS) is 10.5. The van der Waals surface area contributed by atoms with Gasteiger partial charge in [-0.3, -0.25) is 0 Å². The first kappa shape index (κ1) is 18.5. The third-order valence-electron chi connectivity index (χ3n) is 4.29. The molecule has 0 aliphatic heterocycles. The fraction of sp³-hybridized carbons (Fsp3) is 0.381. The van der Waals surface area contributed by atoms with E-state index in [-0.39, 0.29) is 0 Å². The molecular formula is C21H26O2S. The summed E-state index contributed by atoms with van der Waals surface area (Å²) in [4.78, 5) is 0. The summed E-state index contributed by atoms with van der Waals surface area (Å²) in [5, 5.41) is 0.604. The Balaban J connectivity index is 2.28. The molecule has 0 aliphatic carbocycles. The molecule has 0 saturated carbocycles. The highest BCUT2D eigenvalue weighted by Gasteiger charge is 2.12. The minimum absolute atomic E-state index is 0.481. The minimum Gasteiger partial charge on any atom is -0.488 e. The molecule has 2 nitrogen and oxygen atoms in total. The number of hydrogen-bond acceptors (Lipinski definition) is 3. The molecule has 0 heterocycles. The van der Waals surface area contributed by atoms with E-state index in [1.54, 1.807) is 0 Å². The van der Waals surface area contributed by atoms with E-state index in [0.29, 0.717) is 11.7 Å². The molecule has 0 aliphatic rings. The first-order chi connectivity index (χ1) is 11.5. The molecule has 2 aromatic rings. The Hall–Kier alpha value is -1.87. The molecule has 0 unspecified atom stereocenters. The van der Waals surface area contributed by atoms with Crippen molar-refractivity contribution in [3.8, 4) is 11.5 Å². The number of hydrogen-bond donors (Lipinski definition) is 0. The number of ether oxygens (including phenoxy) is 2. The topological polar surface area (TPSA) is 18.5 Å². The van der Waals surface area contributed by atoms with Gasteiger partial charge in [0.2, 0.25) is 0 Å². The summed E-state index contributed by atoms with van der Waals surface area (Å²) in [7, 11) is 0. The molecule has 0 spiro atoms. The summed E-state index contributed by atoms with van der Waals surface area (Å²) in [5.41, 5.74) is 5.98. The van der Waals surface area contributed by atoms with Gasteiger partial charge in [-0.25, -0.2) is 0 Å². The van der Waals surface area contributed by atoms with Crippen LogP contribution >= 0.6 is 12.2 Å². The van der Waals surface area contributed by atoms with Crippen LogP contribution in [0.2, 0.25) is 0 Å². The van der Waals surface area contributed by atoms with Gasteiger partial charge in [0.15, 0.2) is 5.05 Å². The summed E-state index contributed by atoms with van der Waals surface area (Å²) in [6, 6.07) is 10.4. The largest absolute Gasteiger partial charge is 0.488 e. The van der Waals surface area contributed by atoms with Crippen molar-refractivity contribution in [3.63, 3.8) is 0 Å². The van der Waals surface area contributed by atoms with Crippen molar-refractivity contribution >= 4 is 17.3 Å². The van der Waals surface area contributed by atoms with Crippen LogP contribution in [-0.2, 0) is 13.0 Å². The average molecular weight is 343 g/mol. The Morgan fingerprint density at radius 1 is 0.958 bits per heavy atom. The van der Waals surface area contributed by atoms with E-state index < -0.39 is 0 Å². The van der Waals surface area contributed by atoms with E-state index >= 15 is 0 Å². The van der Waals surface area contributed by atoms with Gasteiger partial charge in [-0.1, -0.05) is 32.0 Å². The van der Waals surface area contributed by atoms with E-state index in [9.17, 15) is 0 Å². The summed E-state index contributed by atoms with van der Waals surface area (Å²) in [5.74, 6) is 1.73. The van der Waals surface area contributed by atoms with E-state index in [0.717, 1.165) is 35.5 Å². The molecule has 128 valence electrons. The van der Waals surface area contributed by atoms with E-state index in [2.05, 4.69) is 45.9 Å². The summed E-state index contributed by atoms with van der Waals surface area (Å²) in [6.07, 6.45) is 1.66. The van der Waals surface area contributed by atoms with Crippen LogP contribution in [0.15, 0.2) is 30.3 Å². The van der Waals surface area contributed by atoms with Crippen molar-refractivity contribution in [3.05, 3.63) is 58.1 Å². The summed E-state index contributed by atoms with van der Waals surface area (Å²) < 4.78 is 12.0. The Labute approximate surface area is 150 Å². The standard InChI is InChI=1S/C21H26O2S/c1-6-17-9-8-10-19(23-21(24)7-2)18(17)13-22-20-12-15(4)14(3)11-16(20)5/h8-12H,6-7,13H2,1-5H3. The second-order valence-corrected chi connectivity index (χ2v) is 6.52. The van der Waals surface area contributed by atoms with Crippen LogP contribution in [0.3, 0.4) is 0 Å². The van der Waals surface area contributed by atoms with E-state index in [1.165, 1.54) is 16.7 Å². The number of aryl methyl sites for hydroxylation is 4. The van der Waals surface area contributed by atoms with Crippen LogP contribution in [0.1, 0.15) is 48.1 Å². The minimum atomic E-state index is 0.481. The van der Waals surface area contributed by atoms with Crippen molar-refractivity contribution in [2.75, 3.05) is 0 Å². The number of benzene rings is 2. The van der Waals surface area contributed by atoms with E-state index in [4.69, 9.17) is 21.7 Å². The van der Waals surface area contributed by atoms with Crippen molar-refractivity contribution < 1.29 is 9.47 Å². The highest BCUT2D eigenvalue weighted by molar-refractivity contribution is 7.80. The van der Waals surface area contributed by atoms with Gasteiger partial charge in [-0.2, -0.15) is 0 Å². The lowest BCUT2D eigenvalue weighted by molar-refractivity contribution is 0.298. The maximum absolute atomic E-state index is 6.13. The number of thiocarbonyl (C=S) groups is 1. The molecule has 24 heavy (non-hydrogen) atoms. The molecule has 2 aromatic carbocycles. The molecule has 0 atom stereocenters. The predicted molar refractivity (Wildman–Crippen MR) is 104 cm³/mol. The molecule has 0 bridgehead atoms. The predicted octanol–water partition coefficient (Wildman–Crippen LogP) is 5.87. The van der Waals surface area contributed by atoms with Gasteiger partial charge in [-0.05, 0) is 73.8 Å². The zero-order valence-electron chi connectivity index (χ0n) is 15.2. The average Bonchev–Trinajstić information content (AvgIpc) is 2.57. The third kappa shape index (κ3) is 4.35. The highest BCUT2D eigenvalue weighted by atomic mass is 32.1. The molecule has 0 N–H and O–H groups in total. The maximum atomic E-state index is 6.13. The summed E-state index contributed by atoms with van der Waals surface area (Å²) >= 11 is 5.24. The van der Waals surface area contributed by atoms with Crippen LogP contribution in [-0.4, -0.2) is 5.05 Å². The van der Waals surface area contributed by atoms with Gasteiger partial charge in [0.1, 0.15) is 18.1 Å². The van der Waals surface area contributed by atoms with Gasteiger partial charge in [-0.15, -0.1) is 0 Å². The molecule has 0 radical (unpaired) electrons. The van der Waals surface area contributed by atoms with Crippen LogP contribution in [0.25, 0.3) is 0 Å². The van der Waals surface area contributed by atoms with Gasteiger partial charge < -0.3 is 9.47 Å². The van der Waals surface area contributed by atoms with Crippen LogP contribution < -0.4 is 9.47 Å². The van der Waals surface area contributed by atoms with Gasteiger partial charge in [0, 0.05) is 12.0 Å². The first-order valence-corrected chi connectivity index (χ1v) is 8.89. The molecular weight excluding hydrogens is 316 g/mol. The van der Waals surface area contributed by atoms with Crippen molar-refractivity contribution in [1.82, 2.24) is 0 Å². The lowest BCUT2D eigenvalue weighted by Crippen LogP contribution is -2.09. The second-order valence-electron chi connectivity index (χ2n) is 6.07. The van der Waals surface area contributed by atoms with Crippen molar-refractivity contribution in [1.29, 1.82) is 0 Å². The SMILES string of the molecule is CCC(=S)Oc1cccc(CC)c1COc1cc(C)c(C)cc1C. The van der Waals surface area contributed by atoms with Crippen LogP contribution in [0.5, 0.6) is 11.5 Å². The van der Waals surface area contributed by atoms with Crippen molar-refractivity contribution in [2.24, 2.45) is 0 Å². The second kappa shape index (κ2) is 8.29. The zero-order chi connectivity index (χ0) is 17.7. The molecule has 0 aromatic heterocycles. The Bertz CT molecular complexity index is 735. The first-order valence-electron chi connectivity index (χ1n) is 8.48. The van der Waals surface area contributed by atoms with Gasteiger partial charge in [0.05, 0.1) is 0 Å². The molecule has 2 rings (SSSR count). The zero-order valence-corrected chi connectivity index (χ0v) is 16.0. The van der Waals surface area contributed by atoms with Crippen LogP contribution in [0, 0.1) is 20.8 Å². The lowest BCUT2D eigenvalue weighted by Gasteiger charge is -2.17. The van der Waals surface area contributed by atoms with E-state index in [1.807, 2.05) is 19.1 Å². The monoisotopic (exact) mass is 342 g/mol. The maximum Gasteiger partial charge on any atom is 0.167 e. The van der Waals surface area contributed by atoms with Crippen LogP contribution in [0.4, 0.5) is 0 Å². The third-order valence-corrected chi connectivity index (χ3v) is 4.66. The van der Waals surface area contributed by atoms with Gasteiger partial charge in [0.25, 0.3) is 0 Å². The van der Waals surface area contributed by atoms with Crippen molar-refractivity contribution in [2.45, 2.75) is 54.1 Å². The Morgan fingerprint density at radius 2 is 1.67 bits per heavy atom. The smallest absolute Gasteiger partial charge is 0.167 e. The summed E-state index contributed by atoms with van der Waals surface area (Å²) in [6.45, 7) is 10.9. The van der Waals surface area contributed by atoms with Gasteiger partial charge >= 0.3 is 0 Å². The lowest BCUT2D eigenvalue weighted by atomic mass is 10.0. The molecule has 0 amide bonds. The number of rotatable bonds is 6. The Morgan fingerprint density at radius 3 is 2.33 bits per heavy atom. The molecule has 0 saturated heterocycles. The fourth-order valence-corrected chi connectivity index (χ4v) is 2.73. The molecule has 3 heteroatoms. The highest BCUT2D eigenvalue weighted by Crippen LogP contribution is 2.28. The Kier molecular flexibility index (Phi) is 6.38.